The summed E-state index contributed by atoms with van der Waals surface area (Å²) in [5.41, 5.74) is 2.50. The third kappa shape index (κ3) is 7.92. The standard InChI is InChI=1S/C20H24N2O2.C2H2O4/c1-17-7-9-19(10-8-17)24-16-20(23)22-13-11-21(12-14-22)15-18-5-3-2-4-6-18;3-1(4)2(5)6/h2-10H,11-16H2,1H3;(H,3,4)(H,5,6). The number of carboxylic acid groups (broad SMARTS) is 2. The Morgan fingerprint density at radius 3 is 1.97 bits per heavy atom. The Hall–Kier alpha value is -3.39. The molecule has 0 unspecified atom stereocenters. The van der Waals surface area contributed by atoms with E-state index in [0.29, 0.717) is 0 Å². The smallest absolute Gasteiger partial charge is 0.414 e. The quantitative estimate of drug-likeness (QED) is 0.719. The van der Waals surface area contributed by atoms with Crippen molar-refractivity contribution in [2.45, 2.75) is 13.5 Å². The van der Waals surface area contributed by atoms with Crippen LogP contribution in [0.2, 0.25) is 0 Å². The van der Waals surface area contributed by atoms with Gasteiger partial charge in [0.1, 0.15) is 5.75 Å². The highest BCUT2D eigenvalue weighted by molar-refractivity contribution is 6.27. The molecule has 0 radical (unpaired) electrons. The molecule has 160 valence electrons. The molecule has 0 atom stereocenters. The van der Waals surface area contributed by atoms with Crippen LogP contribution < -0.4 is 4.74 Å². The van der Waals surface area contributed by atoms with E-state index >= 15 is 0 Å². The van der Waals surface area contributed by atoms with Crippen molar-refractivity contribution in [3.8, 4) is 5.75 Å². The van der Waals surface area contributed by atoms with E-state index in [2.05, 4.69) is 29.2 Å². The number of ether oxygens (including phenoxy) is 1. The number of carboxylic acids is 2. The number of piperazine rings is 1. The summed E-state index contributed by atoms with van der Waals surface area (Å²) in [7, 11) is 0. The molecule has 0 spiro atoms. The molecule has 8 heteroatoms. The highest BCUT2D eigenvalue weighted by Crippen LogP contribution is 2.12. The van der Waals surface area contributed by atoms with E-state index in [0.717, 1.165) is 38.5 Å². The summed E-state index contributed by atoms with van der Waals surface area (Å²) in [6.07, 6.45) is 0. The molecule has 1 heterocycles. The van der Waals surface area contributed by atoms with Crippen molar-refractivity contribution in [1.29, 1.82) is 0 Å². The van der Waals surface area contributed by atoms with Crippen LogP contribution in [-0.4, -0.2) is 70.6 Å². The van der Waals surface area contributed by atoms with Gasteiger partial charge in [-0.1, -0.05) is 48.0 Å². The first-order chi connectivity index (χ1) is 14.3. The third-order valence-electron chi connectivity index (χ3n) is 4.54. The van der Waals surface area contributed by atoms with Gasteiger partial charge in [0.05, 0.1) is 0 Å². The molecule has 0 saturated carbocycles. The highest BCUT2D eigenvalue weighted by Gasteiger charge is 2.21. The van der Waals surface area contributed by atoms with Crippen molar-refractivity contribution in [3.63, 3.8) is 0 Å². The maximum atomic E-state index is 12.3. The predicted octanol–water partition coefficient (Wildman–Crippen LogP) is 1.87. The molecule has 0 bridgehead atoms. The summed E-state index contributed by atoms with van der Waals surface area (Å²) in [5.74, 6) is -2.84. The summed E-state index contributed by atoms with van der Waals surface area (Å²) >= 11 is 0. The van der Waals surface area contributed by atoms with Crippen LogP contribution in [0.4, 0.5) is 0 Å². The first-order valence-electron chi connectivity index (χ1n) is 9.55. The SMILES string of the molecule is Cc1ccc(OCC(=O)N2CCN(Cc3ccccc3)CC2)cc1.O=C(O)C(=O)O. The van der Waals surface area contributed by atoms with Crippen LogP contribution in [0.1, 0.15) is 11.1 Å². The minimum Gasteiger partial charge on any atom is -0.484 e. The Morgan fingerprint density at radius 2 is 1.43 bits per heavy atom. The zero-order chi connectivity index (χ0) is 21.9. The largest absolute Gasteiger partial charge is 0.484 e. The number of benzene rings is 2. The molecule has 3 rings (SSSR count). The molecule has 2 aromatic carbocycles. The average Bonchev–Trinajstić information content (AvgIpc) is 2.75. The zero-order valence-electron chi connectivity index (χ0n) is 16.9. The number of carbonyl (C=O) groups is 3. The summed E-state index contributed by atoms with van der Waals surface area (Å²) in [6.45, 7) is 6.44. The molecule has 30 heavy (non-hydrogen) atoms. The number of hydrogen-bond donors (Lipinski definition) is 2. The van der Waals surface area contributed by atoms with Gasteiger partial charge in [-0.05, 0) is 24.6 Å². The van der Waals surface area contributed by atoms with Crippen LogP contribution in [0.15, 0.2) is 54.6 Å². The molecule has 0 aromatic heterocycles. The summed E-state index contributed by atoms with van der Waals surface area (Å²) in [6, 6.07) is 18.2. The number of hydrogen-bond acceptors (Lipinski definition) is 5. The van der Waals surface area contributed by atoms with Crippen LogP contribution in [-0.2, 0) is 20.9 Å². The lowest BCUT2D eigenvalue weighted by atomic mass is 10.2. The molecule has 1 saturated heterocycles. The van der Waals surface area contributed by atoms with E-state index < -0.39 is 11.9 Å². The fourth-order valence-electron chi connectivity index (χ4n) is 2.87. The first-order valence-corrected chi connectivity index (χ1v) is 9.55. The first kappa shape index (κ1) is 22.9. The van der Waals surface area contributed by atoms with Crippen molar-refractivity contribution in [2.24, 2.45) is 0 Å². The van der Waals surface area contributed by atoms with E-state index in [1.54, 1.807) is 0 Å². The summed E-state index contributed by atoms with van der Waals surface area (Å²) in [5, 5.41) is 14.8. The van der Waals surface area contributed by atoms with E-state index in [1.165, 1.54) is 11.1 Å². The second-order valence-corrected chi connectivity index (χ2v) is 6.85. The number of amides is 1. The highest BCUT2D eigenvalue weighted by atomic mass is 16.5. The van der Waals surface area contributed by atoms with Gasteiger partial charge in [0.2, 0.25) is 0 Å². The molecule has 2 N–H and O–H groups in total. The number of aryl methyl sites for hydroxylation is 1. The number of rotatable bonds is 5. The molecule has 1 amide bonds. The monoisotopic (exact) mass is 414 g/mol. The Morgan fingerprint density at radius 1 is 0.867 bits per heavy atom. The third-order valence-corrected chi connectivity index (χ3v) is 4.54. The number of aliphatic carboxylic acids is 2. The van der Waals surface area contributed by atoms with Gasteiger partial charge in [-0.15, -0.1) is 0 Å². The fourth-order valence-corrected chi connectivity index (χ4v) is 2.87. The lowest BCUT2D eigenvalue weighted by Crippen LogP contribution is -2.49. The minimum atomic E-state index is -1.82. The van der Waals surface area contributed by atoms with Gasteiger partial charge in [0.15, 0.2) is 6.61 Å². The number of carbonyl (C=O) groups excluding carboxylic acids is 1. The van der Waals surface area contributed by atoms with Gasteiger partial charge in [0.25, 0.3) is 5.91 Å². The number of nitrogens with zero attached hydrogens (tertiary/aromatic N) is 2. The fraction of sp³-hybridized carbons (Fsp3) is 0.318. The Balaban J connectivity index is 0.000000469. The van der Waals surface area contributed by atoms with Crippen molar-refractivity contribution in [1.82, 2.24) is 9.80 Å². The predicted molar refractivity (Wildman–Crippen MR) is 110 cm³/mol. The molecule has 1 fully saturated rings. The molecule has 8 nitrogen and oxygen atoms in total. The van der Waals surface area contributed by atoms with Crippen LogP contribution in [0.5, 0.6) is 5.75 Å². The second kappa shape index (κ2) is 11.6. The summed E-state index contributed by atoms with van der Waals surface area (Å²) < 4.78 is 5.59. The average molecular weight is 414 g/mol. The minimum absolute atomic E-state index is 0.0648. The van der Waals surface area contributed by atoms with Gasteiger partial charge in [-0.3, -0.25) is 9.69 Å². The van der Waals surface area contributed by atoms with Gasteiger partial charge >= 0.3 is 11.9 Å². The van der Waals surface area contributed by atoms with Crippen molar-refractivity contribution in [3.05, 3.63) is 65.7 Å². The van der Waals surface area contributed by atoms with Crippen LogP contribution in [0.25, 0.3) is 0 Å². The topological polar surface area (TPSA) is 107 Å². The van der Waals surface area contributed by atoms with Gasteiger partial charge in [0, 0.05) is 32.7 Å². The molecule has 0 aliphatic carbocycles. The van der Waals surface area contributed by atoms with E-state index in [-0.39, 0.29) is 12.5 Å². The molecular weight excluding hydrogens is 388 g/mol. The maximum Gasteiger partial charge on any atom is 0.414 e. The Bertz CT molecular complexity index is 818. The van der Waals surface area contributed by atoms with E-state index in [1.807, 2.05) is 42.2 Å². The van der Waals surface area contributed by atoms with Crippen molar-refractivity contribution >= 4 is 17.8 Å². The molecular formula is C22H26N2O6. The Kier molecular flexibility index (Phi) is 8.83. The summed E-state index contributed by atoms with van der Waals surface area (Å²) in [4.78, 5) is 34.8. The molecule has 1 aliphatic heterocycles. The maximum absolute atomic E-state index is 12.3. The van der Waals surface area contributed by atoms with Crippen molar-refractivity contribution < 1.29 is 29.3 Å². The van der Waals surface area contributed by atoms with Gasteiger partial charge in [-0.2, -0.15) is 0 Å². The van der Waals surface area contributed by atoms with Crippen molar-refractivity contribution in [2.75, 3.05) is 32.8 Å². The van der Waals surface area contributed by atoms with E-state index in [9.17, 15) is 4.79 Å². The van der Waals surface area contributed by atoms with Crippen LogP contribution in [0, 0.1) is 6.92 Å². The molecule has 2 aromatic rings. The molecule has 1 aliphatic rings. The lowest BCUT2D eigenvalue weighted by molar-refractivity contribution is -0.159. The normalized spacial score (nSPS) is 13.7. The lowest BCUT2D eigenvalue weighted by Gasteiger charge is -2.34. The van der Waals surface area contributed by atoms with E-state index in [4.69, 9.17) is 24.5 Å². The Labute approximate surface area is 175 Å². The van der Waals surface area contributed by atoms with Gasteiger partial charge in [-0.25, -0.2) is 9.59 Å². The van der Waals surface area contributed by atoms with Crippen LogP contribution in [0.3, 0.4) is 0 Å². The van der Waals surface area contributed by atoms with Crippen LogP contribution >= 0.6 is 0 Å². The van der Waals surface area contributed by atoms with Gasteiger partial charge < -0.3 is 19.8 Å². The second-order valence-electron chi connectivity index (χ2n) is 6.85. The zero-order valence-corrected chi connectivity index (χ0v) is 16.9.